The molecule has 6 heteroatoms. The minimum Gasteiger partial charge on any atom is -0.369 e. The van der Waals surface area contributed by atoms with Gasteiger partial charge >= 0.3 is 0 Å². The molecule has 0 unspecified atom stereocenters. The summed E-state index contributed by atoms with van der Waals surface area (Å²) in [7, 11) is 0. The van der Waals surface area contributed by atoms with Crippen LogP contribution in [0.1, 0.15) is 18.9 Å². The maximum Gasteiger partial charge on any atom is 0.244 e. The van der Waals surface area contributed by atoms with Gasteiger partial charge in [-0.1, -0.05) is 25.1 Å². The number of aromatic nitrogens is 3. The summed E-state index contributed by atoms with van der Waals surface area (Å²) in [5.74, 6) is 0.949. The molecule has 0 aliphatic heterocycles. The van der Waals surface area contributed by atoms with E-state index in [0.29, 0.717) is 30.3 Å². The van der Waals surface area contributed by atoms with E-state index in [2.05, 4.69) is 32.7 Å². The Morgan fingerprint density at radius 3 is 2.80 bits per heavy atom. The van der Waals surface area contributed by atoms with E-state index < -0.39 is 0 Å². The van der Waals surface area contributed by atoms with Gasteiger partial charge in [0.05, 0.1) is 6.20 Å². The van der Waals surface area contributed by atoms with Crippen molar-refractivity contribution in [2.75, 3.05) is 23.7 Å². The smallest absolute Gasteiger partial charge is 0.244 e. The first kappa shape index (κ1) is 14.2. The molecule has 0 saturated carbocycles. The Labute approximate surface area is 117 Å². The third-order valence-electron chi connectivity index (χ3n) is 2.75. The second-order valence-electron chi connectivity index (χ2n) is 4.36. The maximum absolute atomic E-state index is 13.4. The minimum atomic E-state index is -0.188. The SMILES string of the molecule is CCCNc1cnnc(NCCc2ccccc2F)n1. The number of hydrogen-bond donors (Lipinski definition) is 2. The second kappa shape index (κ2) is 7.37. The largest absolute Gasteiger partial charge is 0.369 e. The zero-order valence-electron chi connectivity index (χ0n) is 11.4. The highest BCUT2D eigenvalue weighted by atomic mass is 19.1. The van der Waals surface area contributed by atoms with Crippen molar-refractivity contribution in [1.29, 1.82) is 0 Å². The van der Waals surface area contributed by atoms with Crippen LogP contribution in [-0.4, -0.2) is 28.3 Å². The first-order chi connectivity index (χ1) is 9.79. The molecule has 106 valence electrons. The van der Waals surface area contributed by atoms with E-state index in [4.69, 9.17) is 0 Å². The lowest BCUT2D eigenvalue weighted by atomic mass is 10.1. The van der Waals surface area contributed by atoms with Crippen LogP contribution in [0.4, 0.5) is 16.2 Å². The van der Waals surface area contributed by atoms with Gasteiger partial charge in [0.25, 0.3) is 0 Å². The van der Waals surface area contributed by atoms with E-state index in [-0.39, 0.29) is 5.82 Å². The minimum absolute atomic E-state index is 0.188. The average molecular weight is 275 g/mol. The van der Waals surface area contributed by atoms with Crippen LogP contribution in [0, 0.1) is 5.82 Å². The van der Waals surface area contributed by atoms with Gasteiger partial charge in [0, 0.05) is 13.1 Å². The summed E-state index contributed by atoms with van der Waals surface area (Å²) in [6.07, 6.45) is 3.17. The van der Waals surface area contributed by atoms with Gasteiger partial charge in [-0.15, -0.1) is 5.10 Å². The molecule has 0 saturated heterocycles. The van der Waals surface area contributed by atoms with Crippen LogP contribution in [0.3, 0.4) is 0 Å². The zero-order chi connectivity index (χ0) is 14.2. The molecule has 0 bridgehead atoms. The number of anilines is 2. The van der Waals surface area contributed by atoms with Crippen molar-refractivity contribution < 1.29 is 4.39 Å². The van der Waals surface area contributed by atoms with Gasteiger partial charge < -0.3 is 10.6 Å². The van der Waals surface area contributed by atoms with Gasteiger partial charge in [0.1, 0.15) is 11.6 Å². The van der Waals surface area contributed by atoms with Crippen LogP contribution in [-0.2, 0) is 6.42 Å². The third kappa shape index (κ3) is 4.15. The fourth-order valence-corrected chi connectivity index (χ4v) is 1.73. The van der Waals surface area contributed by atoms with Gasteiger partial charge in [0.15, 0.2) is 0 Å². The van der Waals surface area contributed by atoms with Gasteiger partial charge in [-0.05, 0) is 24.5 Å². The molecule has 0 aliphatic rings. The molecule has 2 N–H and O–H groups in total. The number of nitrogens with one attached hydrogen (secondary N) is 2. The molecule has 0 aliphatic carbocycles. The van der Waals surface area contributed by atoms with Crippen LogP contribution < -0.4 is 10.6 Å². The molecular weight excluding hydrogens is 257 g/mol. The van der Waals surface area contributed by atoms with Crippen LogP contribution in [0.2, 0.25) is 0 Å². The Balaban J connectivity index is 1.86. The van der Waals surface area contributed by atoms with Crippen molar-refractivity contribution in [2.24, 2.45) is 0 Å². The highest BCUT2D eigenvalue weighted by molar-refractivity contribution is 5.36. The molecule has 0 amide bonds. The highest BCUT2D eigenvalue weighted by Crippen LogP contribution is 2.08. The zero-order valence-corrected chi connectivity index (χ0v) is 11.4. The first-order valence-corrected chi connectivity index (χ1v) is 6.70. The van der Waals surface area contributed by atoms with Crippen molar-refractivity contribution in [3.8, 4) is 0 Å². The van der Waals surface area contributed by atoms with Crippen molar-refractivity contribution >= 4 is 11.8 Å². The Bertz CT molecular complexity index is 547. The molecule has 5 nitrogen and oxygen atoms in total. The van der Waals surface area contributed by atoms with Crippen LogP contribution in [0.25, 0.3) is 0 Å². The van der Waals surface area contributed by atoms with Gasteiger partial charge in [0.2, 0.25) is 5.95 Å². The quantitative estimate of drug-likeness (QED) is 0.813. The Kier molecular flexibility index (Phi) is 5.23. The monoisotopic (exact) mass is 275 g/mol. The Morgan fingerprint density at radius 2 is 2.00 bits per heavy atom. The molecule has 1 heterocycles. The first-order valence-electron chi connectivity index (χ1n) is 6.70. The number of rotatable bonds is 7. The van der Waals surface area contributed by atoms with Gasteiger partial charge in [-0.3, -0.25) is 0 Å². The van der Waals surface area contributed by atoms with Crippen LogP contribution >= 0.6 is 0 Å². The van der Waals surface area contributed by atoms with Crippen LogP contribution in [0.15, 0.2) is 30.5 Å². The maximum atomic E-state index is 13.4. The van der Waals surface area contributed by atoms with Gasteiger partial charge in [-0.2, -0.15) is 10.1 Å². The molecule has 0 spiro atoms. The average Bonchev–Trinajstić information content (AvgIpc) is 2.48. The predicted molar refractivity (Wildman–Crippen MR) is 77.2 cm³/mol. The van der Waals surface area contributed by atoms with E-state index in [1.807, 2.05) is 6.07 Å². The molecular formula is C14H18FN5. The number of benzene rings is 1. The standard InChI is InChI=1S/C14H18FN5/c1-2-8-16-13-10-18-20-14(19-13)17-9-7-11-5-3-4-6-12(11)15/h3-6,10H,2,7-9H2,1H3,(H2,16,17,19,20). The van der Waals surface area contributed by atoms with E-state index >= 15 is 0 Å². The summed E-state index contributed by atoms with van der Waals surface area (Å²) in [4.78, 5) is 4.27. The number of halogens is 1. The van der Waals surface area contributed by atoms with E-state index in [0.717, 1.165) is 13.0 Å². The van der Waals surface area contributed by atoms with Crippen LogP contribution in [0.5, 0.6) is 0 Å². The van der Waals surface area contributed by atoms with Crippen molar-refractivity contribution in [2.45, 2.75) is 19.8 Å². The molecule has 1 aromatic heterocycles. The molecule has 0 fully saturated rings. The summed E-state index contributed by atoms with van der Waals surface area (Å²) in [5.41, 5.74) is 0.674. The Morgan fingerprint density at radius 1 is 1.15 bits per heavy atom. The molecule has 0 radical (unpaired) electrons. The molecule has 2 aromatic rings. The van der Waals surface area contributed by atoms with E-state index in [9.17, 15) is 4.39 Å². The predicted octanol–water partition coefficient (Wildman–Crippen LogP) is 2.49. The lowest BCUT2D eigenvalue weighted by Gasteiger charge is -2.07. The number of hydrogen-bond acceptors (Lipinski definition) is 5. The van der Waals surface area contributed by atoms with E-state index in [1.54, 1.807) is 18.3 Å². The lowest BCUT2D eigenvalue weighted by molar-refractivity contribution is 0.610. The third-order valence-corrected chi connectivity index (χ3v) is 2.75. The summed E-state index contributed by atoms with van der Waals surface area (Å²) < 4.78 is 13.4. The molecule has 0 atom stereocenters. The molecule has 1 aromatic carbocycles. The summed E-state index contributed by atoms with van der Waals surface area (Å²) in [6.45, 7) is 3.47. The van der Waals surface area contributed by atoms with E-state index in [1.165, 1.54) is 6.07 Å². The molecule has 2 rings (SSSR count). The normalized spacial score (nSPS) is 10.3. The highest BCUT2D eigenvalue weighted by Gasteiger charge is 2.02. The summed E-state index contributed by atoms with van der Waals surface area (Å²) in [5, 5.41) is 13.9. The van der Waals surface area contributed by atoms with Crippen molar-refractivity contribution in [1.82, 2.24) is 15.2 Å². The van der Waals surface area contributed by atoms with Gasteiger partial charge in [-0.25, -0.2) is 4.39 Å². The van der Waals surface area contributed by atoms with Crippen molar-refractivity contribution in [3.63, 3.8) is 0 Å². The summed E-state index contributed by atoms with van der Waals surface area (Å²) >= 11 is 0. The fraction of sp³-hybridized carbons (Fsp3) is 0.357. The Hall–Kier alpha value is -2.24. The molecule has 20 heavy (non-hydrogen) atoms. The second-order valence-corrected chi connectivity index (χ2v) is 4.36. The lowest BCUT2D eigenvalue weighted by Crippen LogP contribution is -2.11. The summed E-state index contributed by atoms with van der Waals surface area (Å²) in [6, 6.07) is 6.74. The fourth-order valence-electron chi connectivity index (χ4n) is 1.73. The van der Waals surface area contributed by atoms with Crippen molar-refractivity contribution in [3.05, 3.63) is 41.8 Å². The number of nitrogens with zero attached hydrogens (tertiary/aromatic N) is 3. The topological polar surface area (TPSA) is 62.7 Å².